The molecule has 4 rings (SSSR count). The number of aryl methyl sites for hydroxylation is 3. The molecule has 1 N–H and O–H groups in total. The summed E-state index contributed by atoms with van der Waals surface area (Å²) in [7, 11) is 1.65. The second-order valence-corrected chi connectivity index (χ2v) is 8.97. The highest BCUT2D eigenvalue weighted by atomic mass is 32.2. The first kappa shape index (κ1) is 23.6. The van der Waals surface area contributed by atoms with Crippen molar-refractivity contribution >= 4 is 23.4 Å². The van der Waals surface area contributed by atoms with Crippen molar-refractivity contribution < 1.29 is 9.53 Å². The number of para-hydroxylation sites is 1. The van der Waals surface area contributed by atoms with Gasteiger partial charge in [0.25, 0.3) is 0 Å². The predicted molar refractivity (Wildman–Crippen MR) is 137 cm³/mol. The molecule has 0 saturated carbocycles. The Morgan fingerprint density at radius 1 is 0.941 bits per heavy atom. The second-order valence-electron chi connectivity index (χ2n) is 8.03. The molecule has 0 aliphatic carbocycles. The van der Waals surface area contributed by atoms with E-state index >= 15 is 0 Å². The molecular weight excluding hydrogens is 444 g/mol. The highest BCUT2D eigenvalue weighted by Gasteiger charge is 2.17. The molecule has 0 unspecified atom stereocenters. The van der Waals surface area contributed by atoms with Crippen LogP contribution >= 0.6 is 11.8 Å². The fourth-order valence-electron chi connectivity index (χ4n) is 3.75. The molecule has 0 aliphatic heterocycles. The number of amides is 1. The monoisotopic (exact) mass is 472 g/mol. The molecule has 0 aliphatic rings. The van der Waals surface area contributed by atoms with E-state index in [1.54, 1.807) is 7.11 Å². The van der Waals surface area contributed by atoms with Gasteiger partial charge in [-0.1, -0.05) is 60.3 Å². The maximum atomic E-state index is 12.7. The minimum absolute atomic E-state index is 0.0639. The van der Waals surface area contributed by atoms with Crippen LogP contribution < -0.4 is 10.1 Å². The maximum Gasteiger partial charge on any atom is 0.234 e. The predicted octanol–water partition coefficient (Wildman–Crippen LogP) is 5.54. The van der Waals surface area contributed by atoms with Crippen molar-refractivity contribution in [1.29, 1.82) is 0 Å². The smallest absolute Gasteiger partial charge is 0.234 e. The van der Waals surface area contributed by atoms with E-state index in [2.05, 4.69) is 32.2 Å². The number of benzene rings is 3. The van der Waals surface area contributed by atoms with Crippen molar-refractivity contribution in [1.82, 2.24) is 14.8 Å². The van der Waals surface area contributed by atoms with Crippen molar-refractivity contribution in [3.63, 3.8) is 0 Å². The van der Waals surface area contributed by atoms with Gasteiger partial charge in [0, 0.05) is 17.8 Å². The first-order valence-electron chi connectivity index (χ1n) is 11.2. The number of anilines is 1. The number of nitrogens with one attached hydrogen (secondary N) is 1. The summed E-state index contributed by atoms with van der Waals surface area (Å²) in [4.78, 5) is 12.7. The van der Waals surface area contributed by atoms with Crippen molar-refractivity contribution in [2.24, 2.45) is 0 Å². The maximum absolute atomic E-state index is 12.7. The Hall–Kier alpha value is -3.58. The molecule has 174 valence electrons. The van der Waals surface area contributed by atoms with E-state index in [4.69, 9.17) is 4.74 Å². The summed E-state index contributed by atoms with van der Waals surface area (Å²) >= 11 is 1.40. The first-order chi connectivity index (χ1) is 16.5. The topological polar surface area (TPSA) is 69.0 Å². The minimum atomic E-state index is -0.0639. The summed E-state index contributed by atoms with van der Waals surface area (Å²) in [5, 5.41) is 12.7. The van der Waals surface area contributed by atoms with Crippen LogP contribution in [0.4, 0.5) is 5.69 Å². The zero-order valence-corrected chi connectivity index (χ0v) is 20.4. The van der Waals surface area contributed by atoms with Crippen LogP contribution in [0.3, 0.4) is 0 Å². The Labute approximate surface area is 204 Å². The van der Waals surface area contributed by atoms with E-state index < -0.39 is 0 Å². The van der Waals surface area contributed by atoms with Crippen LogP contribution in [0.1, 0.15) is 16.7 Å². The Morgan fingerprint density at radius 2 is 1.65 bits per heavy atom. The normalized spacial score (nSPS) is 10.8. The molecule has 34 heavy (non-hydrogen) atoms. The molecule has 1 amide bonds. The average molecular weight is 473 g/mol. The van der Waals surface area contributed by atoms with Gasteiger partial charge in [0.05, 0.1) is 12.9 Å². The van der Waals surface area contributed by atoms with Crippen molar-refractivity contribution in [3.8, 4) is 17.1 Å². The third-order valence-electron chi connectivity index (χ3n) is 5.61. The number of ether oxygens (including phenoxy) is 1. The minimum Gasteiger partial charge on any atom is -0.497 e. The van der Waals surface area contributed by atoms with Gasteiger partial charge in [-0.2, -0.15) is 0 Å². The molecule has 1 aromatic heterocycles. The van der Waals surface area contributed by atoms with Gasteiger partial charge in [-0.05, 0) is 61.2 Å². The first-order valence-corrected chi connectivity index (χ1v) is 12.1. The number of thioether (sulfide) groups is 1. The summed E-state index contributed by atoms with van der Waals surface area (Å²) in [6, 6.07) is 24.1. The van der Waals surface area contributed by atoms with Crippen molar-refractivity contribution in [3.05, 3.63) is 89.5 Å². The Bertz CT molecular complexity index is 1230. The SMILES string of the molecule is COc1ccc(-c2nnc(SCC(=O)Nc3c(C)cccc3C)n2CCc2ccccc2)cc1. The average Bonchev–Trinajstić information content (AvgIpc) is 3.27. The number of rotatable bonds is 9. The van der Waals surface area contributed by atoms with Gasteiger partial charge in [-0.15, -0.1) is 10.2 Å². The van der Waals surface area contributed by atoms with Crippen LogP contribution in [-0.4, -0.2) is 33.5 Å². The third kappa shape index (κ3) is 5.66. The Morgan fingerprint density at radius 3 is 2.32 bits per heavy atom. The lowest BCUT2D eigenvalue weighted by Crippen LogP contribution is -2.16. The van der Waals surface area contributed by atoms with Crippen LogP contribution in [0.2, 0.25) is 0 Å². The number of nitrogens with zero attached hydrogens (tertiary/aromatic N) is 3. The molecule has 7 heteroatoms. The summed E-state index contributed by atoms with van der Waals surface area (Å²) in [6.45, 7) is 4.70. The third-order valence-corrected chi connectivity index (χ3v) is 6.58. The van der Waals surface area contributed by atoms with Crippen molar-refractivity contribution in [2.75, 3.05) is 18.2 Å². The standard InChI is InChI=1S/C27H28N4O2S/c1-19-8-7-9-20(2)25(19)28-24(32)18-34-27-30-29-26(22-12-14-23(33-3)15-13-22)31(27)17-16-21-10-5-4-6-11-21/h4-15H,16-18H2,1-3H3,(H,28,32). The molecule has 0 fully saturated rings. The van der Waals surface area contributed by atoms with E-state index in [-0.39, 0.29) is 11.7 Å². The number of carbonyl (C=O) groups is 1. The van der Waals surface area contributed by atoms with Crippen LogP contribution in [0, 0.1) is 13.8 Å². The van der Waals surface area contributed by atoms with E-state index in [0.717, 1.165) is 45.5 Å². The molecule has 3 aromatic carbocycles. The summed E-state index contributed by atoms with van der Waals surface area (Å²) in [6.07, 6.45) is 0.837. The zero-order chi connectivity index (χ0) is 23.9. The highest BCUT2D eigenvalue weighted by molar-refractivity contribution is 7.99. The van der Waals surface area contributed by atoms with Gasteiger partial charge in [-0.25, -0.2) is 0 Å². The number of hydrogen-bond donors (Lipinski definition) is 1. The van der Waals surface area contributed by atoms with E-state index in [9.17, 15) is 4.79 Å². The van der Waals surface area contributed by atoms with E-state index in [1.807, 2.05) is 74.5 Å². The Balaban J connectivity index is 1.53. The number of aromatic nitrogens is 3. The van der Waals surface area contributed by atoms with Crippen LogP contribution in [0.25, 0.3) is 11.4 Å². The van der Waals surface area contributed by atoms with Crippen LogP contribution in [0.15, 0.2) is 78.0 Å². The lowest BCUT2D eigenvalue weighted by Gasteiger charge is -2.12. The van der Waals surface area contributed by atoms with Gasteiger partial charge in [-0.3, -0.25) is 4.79 Å². The Kier molecular flexibility index (Phi) is 7.65. The van der Waals surface area contributed by atoms with Crippen LogP contribution in [-0.2, 0) is 17.8 Å². The molecule has 1 heterocycles. The quantitative estimate of drug-likeness (QED) is 0.324. The molecule has 4 aromatic rings. The summed E-state index contributed by atoms with van der Waals surface area (Å²) < 4.78 is 7.37. The van der Waals surface area contributed by atoms with E-state index in [1.165, 1.54) is 17.3 Å². The van der Waals surface area contributed by atoms with Gasteiger partial charge < -0.3 is 14.6 Å². The second kappa shape index (κ2) is 11.0. The van der Waals surface area contributed by atoms with Crippen molar-refractivity contribution in [2.45, 2.75) is 32.0 Å². The number of methoxy groups -OCH3 is 1. The molecular formula is C27H28N4O2S. The van der Waals surface area contributed by atoms with Crippen LogP contribution in [0.5, 0.6) is 5.75 Å². The lowest BCUT2D eigenvalue weighted by molar-refractivity contribution is -0.113. The summed E-state index contributed by atoms with van der Waals surface area (Å²) in [5.41, 5.74) is 5.16. The fourth-order valence-corrected chi connectivity index (χ4v) is 4.52. The molecule has 0 radical (unpaired) electrons. The number of carbonyl (C=O) groups excluding carboxylic acids is 1. The van der Waals surface area contributed by atoms with Gasteiger partial charge in [0.15, 0.2) is 11.0 Å². The molecule has 6 nitrogen and oxygen atoms in total. The molecule has 0 bridgehead atoms. The van der Waals surface area contributed by atoms with Gasteiger partial charge in [0.2, 0.25) is 5.91 Å². The molecule has 0 spiro atoms. The molecule has 0 atom stereocenters. The largest absolute Gasteiger partial charge is 0.497 e. The number of hydrogen-bond acceptors (Lipinski definition) is 5. The zero-order valence-electron chi connectivity index (χ0n) is 19.6. The lowest BCUT2D eigenvalue weighted by atomic mass is 10.1. The van der Waals surface area contributed by atoms with E-state index in [0.29, 0.717) is 6.54 Å². The summed E-state index contributed by atoms with van der Waals surface area (Å²) in [5.74, 6) is 1.75. The van der Waals surface area contributed by atoms with Gasteiger partial charge >= 0.3 is 0 Å². The van der Waals surface area contributed by atoms with Gasteiger partial charge in [0.1, 0.15) is 5.75 Å². The fraction of sp³-hybridized carbons (Fsp3) is 0.222. The molecule has 0 saturated heterocycles. The highest BCUT2D eigenvalue weighted by Crippen LogP contribution is 2.27.